The molecule has 0 saturated carbocycles. The van der Waals surface area contributed by atoms with E-state index in [1.165, 1.54) is 17.3 Å². The van der Waals surface area contributed by atoms with Crippen LogP contribution in [0, 0.1) is 0 Å². The maximum Gasteiger partial charge on any atom is 0.228 e. The lowest BCUT2D eigenvalue weighted by Crippen LogP contribution is -2.08. The van der Waals surface area contributed by atoms with E-state index in [2.05, 4.69) is 27.6 Å². The van der Waals surface area contributed by atoms with Gasteiger partial charge in [0, 0.05) is 17.8 Å². The van der Waals surface area contributed by atoms with E-state index in [1.807, 2.05) is 47.0 Å². The van der Waals surface area contributed by atoms with Gasteiger partial charge in [-0.3, -0.25) is 9.59 Å². The molecule has 35 heavy (non-hydrogen) atoms. The van der Waals surface area contributed by atoms with Crippen LogP contribution in [0.4, 0.5) is 5.69 Å². The molecule has 0 spiro atoms. The highest BCUT2D eigenvalue weighted by atomic mass is 32.2. The Balaban J connectivity index is 1.39. The Kier molecular flexibility index (Phi) is 6.63. The van der Waals surface area contributed by atoms with Crippen LogP contribution in [0.5, 0.6) is 5.75 Å². The van der Waals surface area contributed by atoms with Gasteiger partial charge in [-0.2, -0.15) is 0 Å². The fourth-order valence-corrected chi connectivity index (χ4v) is 4.99. The molecule has 1 aromatic heterocycles. The van der Waals surface area contributed by atoms with Gasteiger partial charge < -0.3 is 14.6 Å². The Hall–Kier alpha value is -3.91. The highest BCUT2D eigenvalue weighted by molar-refractivity contribution is 7.99. The molecule has 7 nitrogen and oxygen atoms in total. The number of carbonyl (C=O) groups is 2. The van der Waals surface area contributed by atoms with E-state index in [0.717, 1.165) is 29.0 Å². The molecular weight excluding hydrogens is 460 g/mol. The second-order valence-electron chi connectivity index (χ2n) is 8.20. The quantitative estimate of drug-likeness (QED) is 0.275. The molecule has 0 aliphatic carbocycles. The summed E-state index contributed by atoms with van der Waals surface area (Å²) in [5, 5.41) is 12.4. The van der Waals surface area contributed by atoms with Gasteiger partial charge in [-0.25, -0.2) is 0 Å². The van der Waals surface area contributed by atoms with Crippen LogP contribution in [0.15, 0.2) is 78.0 Å². The Morgan fingerprint density at radius 1 is 1.06 bits per heavy atom. The maximum absolute atomic E-state index is 13.0. The summed E-state index contributed by atoms with van der Waals surface area (Å²) in [5.74, 6) is 1.57. The van der Waals surface area contributed by atoms with Crippen LogP contribution in [-0.2, 0) is 24.2 Å². The number of Topliss-reactive ketones (excluding diaryl/α,β-unsaturated/α-hetero) is 1. The zero-order valence-corrected chi connectivity index (χ0v) is 20.0. The number of ether oxygens (including phenoxy) is 1. The fourth-order valence-electron chi connectivity index (χ4n) is 4.13. The molecule has 0 unspecified atom stereocenters. The molecule has 0 atom stereocenters. The molecular formula is C27H24N4O3S. The number of hydrogen-bond donors (Lipinski definition) is 1. The van der Waals surface area contributed by atoms with E-state index in [-0.39, 0.29) is 17.4 Å². The van der Waals surface area contributed by atoms with Gasteiger partial charge in [0.25, 0.3) is 0 Å². The van der Waals surface area contributed by atoms with Crippen LogP contribution >= 0.6 is 11.8 Å². The van der Waals surface area contributed by atoms with Crippen LogP contribution in [0.2, 0.25) is 0 Å². The number of para-hydroxylation sites is 1. The van der Waals surface area contributed by atoms with Gasteiger partial charge in [0.05, 0.1) is 24.8 Å². The first-order valence-electron chi connectivity index (χ1n) is 11.3. The van der Waals surface area contributed by atoms with Crippen molar-refractivity contribution in [3.63, 3.8) is 0 Å². The average Bonchev–Trinajstić information content (AvgIpc) is 3.47. The summed E-state index contributed by atoms with van der Waals surface area (Å²) in [7, 11) is 1.64. The molecule has 3 aromatic carbocycles. The zero-order valence-electron chi connectivity index (χ0n) is 19.2. The monoisotopic (exact) mass is 484 g/mol. The molecule has 4 aromatic rings. The molecule has 1 aliphatic heterocycles. The number of fused-ring (bicyclic) bond motifs is 1. The summed E-state index contributed by atoms with van der Waals surface area (Å²) < 4.78 is 7.61. The number of rotatable bonds is 9. The molecule has 0 fully saturated rings. The molecule has 2 heterocycles. The number of aromatic nitrogens is 3. The van der Waals surface area contributed by atoms with Crippen molar-refractivity contribution >= 4 is 29.1 Å². The summed E-state index contributed by atoms with van der Waals surface area (Å²) in [6, 6.07) is 23.3. The zero-order chi connectivity index (χ0) is 24.2. The minimum atomic E-state index is -0.0469. The van der Waals surface area contributed by atoms with Gasteiger partial charge in [-0.1, -0.05) is 54.2 Å². The Labute approximate surface area is 207 Å². The molecule has 5 rings (SSSR count). The standard InChI is InChI=1S/C27H24N4O3S/c1-34-24-10-6-5-9-21(24)26-29-30-27(31(26)14-13-18-7-3-2-4-8-18)35-17-23(32)19-11-12-22-20(15-19)16-25(33)28-22/h2-12,15H,13-14,16-17H2,1H3,(H,28,33). The molecule has 8 heteroatoms. The van der Waals surface area contributed by atoms with Crippen molar-refractivity contribution in [1.82, 2.24) is 14.8 Å². The number of ketones is 1. The van der Waals surface area contributed by atoms with E-state index in [0.29, 0.717) is 29.5 Å². The SMILES string of the molecule is COc1ccccc1-c1nnc(SCC(=O)c2ccc3c(c2)CC(=O)N3)n1CCc1ccccc1. The van der Waals surface area contributed by atoms with Gasteiger partial charge in [-0.05, 0) is 47.9 Å². The van der Waals surface area contributed by atoms with Crippen LogP contribution in [0.3, 0.4) is 0 Å². The first-order valence-corrected chi connectivity index (χ1v) is 12.3. The molecule has 0 radical (unpaired) electrons. The highest BCUT2D eigenvalue weighted by Gasteiger charge is 2.21. The van der Waals surface area contributed by atoms with E-state index in [9.17, 15) is 9.59 Å². The number of thioether (sulfide) groups is 1. The summed E-state index contributed by atoms with van der Waals surface area (Å²) in [4.78, 5) is 24.6. The Morgan fingerprint density at radius 2 is 1.86 bits per heavy atom. The maximum atomic E-state index is 13.0. The number of amides is 1. The third-order valence-corrected chi connectivity index (χ3v) is 6.88. The Morgan fingerprint density at radius 3 is 2.69 bits per heavy atom. The van der Waals surface area contributed by atoms with Crippen molar-refractivity contribution in [3.8, 4) is 17.1 Å². The predicted octanol–water partition coefficient (Wildman–Crippen LogP) is 4.67. The van der Waals surface area contributed by atoms with Crippen LogP contribution in [-0.4, -0.2) is 39.3 Å². The number of benzene rings is 3. The number of nitrogens with one attached hydrogen (secondary N) is 1. The van der Waals surface area contributed by atoms with Crippen LogP contribution in [0.1, 0.15) is 21.5 Å². The lowest BCUT2D eigenvalue weighted by atomic mass is 10.1. The second kappa shape index (κ2) is 10.1. The molecule has 1 amide bonds. The smallest absolute Gasteiger partial charge is 0.228 e. The predicted molar refractivity (Wildman–Crippen MR) is 136 cm³/mol. The van der Waals surface area contributed by atoms with E-state index < -0.39 is 0 Å². The summed E-state index contributed by atoms with van der Waals surface area (Å²) in [6.45, 7) is 0.660. The second-order valence-corrected chi connectivity index (χ2v) is 9.14. The molecule has 0 bridgehead atoms. The number of nitrogens with zero attached hydrogens (tertiary/aromatic N) is 3. The van der Waals surface area contributed by atoms with Crippen molar-refractivity contribution in [3.05, 3.63) is 89.5 Å². The lowest BCUT2D eigenvalue weighted by molar-refractivity contribution is -0.115. The topological polar surface area (TPSA) is 86.1 Å². The fraction of sp³-hybridized carbons (Fsp3) is 0.185. The van der Waals surface area contributed by atoms with Gasteiger partial charge in [0.2, 0.25) is 5.91 Å². The van der Waals surface area contributed by atoms with Crippen molar-refractivity contribution in [1.29, 1.82) is 0 Å². The number of methoxy groups -OCH3 is 1. The lowest BCUT2D eigenvalue weighted by Gasteiger charge is -2.12. The van der Waals surface area contributed by atoms with Crippen molar-refractivity contribution in [2.45, 2.75) is 24.5 Å². The molecule has 0 saturated heterocycles. The first-order chi connectivity index (χ1) is 17.1. The van der Waals surface area contributed by atoms with Gasteiger partial charge in [-0.15, -0.1) is 10.2 Å². The number of hydrogen-bond acceptors (Lipinski definition) is 6. The third-order valence-electron chi connectivity index (χ3n) is 5.92. The van der Waals surface area contributed by atoms with Crippen molar-refractivity contribution in [2.24, 2.45) is 0 Å². The first kappa shape index (κ1) is 22.9. The molecule has 176 valence electrons. The summed E-state index contributed by atoms with van der Waals surface area (Å²) >= 11 is 1.36. The van der Waals surface area contributed by atoms with Gasteiger partial charge in [0.15, 0.2) is 16.8 Å². The van der Waals surface area contributed by atoms with Gasteiger partial charge >= 0.3 is 0 Å². The highest BCUT2D eigenvalue weighted by Crippen LogP contribution is 2.32. The normalized spacial score (nSPS) is 12.3. The minimum Gasteiger partial charge on any atom is -0.496 e. The molecule has 1 aliphatic rings. The molecule has 1 N–H and O–H groups in total. The third kappa shape index (κ3) is 4.97. The number of carbonyl (C=O) groups excluding carboxylic acids is 2. The minimum absolute atomic E-state index is 0.0198. The van der Waals surface area contributed by atoms with Crippen LogP contribution in [0.25, 0.3) is 11.4 Å². The summed E-state index contributed by atoms with van der Waals surface area (Å²) in [5.41, 5.74) is 4.29. The average molecular weight is 485 g/mol. The Bertz CT molecular complexity index is 1380. The van der Waals surface area contributed by atoms with E-state index in [1.54, 1.807) is 25.3 Å². The largest absolute Gasteiger partial charge is 0.496 e. The van der Waals surface area contributed by atoms with E-state index >= 15 is 0 Å². The number of anilines is 1. The number of aryl methyl sites for hydroxylation is 1. The van der Waals surface area contributed by atoms with Crippen molar-refractivity contribution in [2.75, 3.05) is 18.2 Å². The van der Waals surface area contributed by atoms with Crippen LogP contribution < -0.4 is 10.1 Å². The van der Waals surface area contributed by atoms with E-state index in [4.69, 9.17) is 4.74 Å². The summed E-state index contributed by atoms with van der Waals surface area (Å²) in [6.07, 6.45) is 1.11. The van der Waals surface area contributed by atoms with Gasteiger partial charge in [0.1, 0.15) is 5.75 Å². The van der Waals surface area contributed by atoms with Crippen molar-refractivity contribution < 1.29 is 14.3 Å².